The van der Waals surface area contributed by atoms with E-state index in [1.807, 2.05) is 48.5 Å². The quantitative estimate of drug-likeness (QED) is 0.912. The van der Waals surface area contributed by atoms with Gasteiger partial charge in [0.25, 0.3) is 0 Å². The van der Waals surface area contributed by atoms with Gasteiger partial charge in [-0.15, -0.1) is 0 Å². The summed E-state index contributed by atoms with van der Waals surface area (Å²) in [6.45, 7) is 3.60. The van der Waals surface area contributed by atoms with Crippen LogP contribution in [0.3, 0.4) is 0 Å². The SMILES string of the molecule is COc1ccccc1C(c1ccccc1OC)C(C)(C)O. The van der Waals surface area contributed by atoms with E-state index >= 15 is 0 Å². The summed E-state index contributed by atoms with van der Waals surface area (Å²) in [5.74, 6) is 1.27. The third-order valence-corrected chi connectivity index (χ3v) is 3.61. The van der Waals surface area contributed by atoms with Crippen molar-refractivity contribution in [1.29, 1.82) is 0 Å². The van der Waals surface area contributed by atoms with Crippen molar-refractivity contribution < 1.29 is 14.6 Å². The number of hydrogen-bond acceptors (Lipinski definition) is 3. The molecule has 0 unspecified atom stereocenters. The minimum atomic E-state index is -0.955. The maximum Gasteiger partial charge on any atom is 0.122 e. The second kappa shape index (κ2) is 6.19. The maximum absolute atomic E-state index is 10.7. The van der Waals surface area contributed by atoms with Crippen LogP contribution in [0, 0.1) is 0 Å². The average Bonchev–Trinajstić information content (AvgIpc) is 2.47. The van der Waals surface area contributed by atoms with Crippen molar-refractivity contribution in [2.45, 2.75) is 25.4 Å². The maximum atomic E-state index is 10.7. The molecule has 0 radical (unpaired) electrons. The summed E-state index contributed by atoms with van der Waals surface area (Å²) in [4.78, 5) is 0. The molecule has 21 heavy (non-hydrogen) atoms. The molecule has 0 aliphatic carbocycles. The average molecular weight is 286 g/mol. The summed E-state index contributed by atoms with van der Waals surface area (Å²) in [6, 6.07) is 15.5. The molecular weight excluding hydrogens is 264 g/mol. The smallest absolute Gasteiger partial charge is 0.122 e. The molecular formula is C18H22O3. The zero-order valence-corrected chi connectivity index (χ0v) is 13.0. The van der Waals surface area contributed by atoms with Gasteiger partial charge in [-0.05, 0) is 26.0 Å². The summed E-state index contributed by atoms with van der Waals surface area (Å²) >= 11 is 0. The molecule has 3 heteroatoms. The van der Waals surface area contributed by atoms with Crippen molar-refractivity contribution in [1.82, 2.24) is 0 Å². The van der Waals surface area contributed by atoms with Crippen LogP contribution in [0.2, 0.25) is 0 Å². The van der Waals surface area contributed by atoms with Gasteiger partial charge in [0.1, 0.15) is 11.5 Å². The van der Waals surface area contributed by atoms with Crippen molar-refractivity contribution in [2.24, 2.45) is 0 Å². The zero-order chi connectivity index (χ0) is 15.5. The van der Waals surface area contributed by atoms with E-state index in [1.165, 1.54) is 0 Å². The number of aliphatic hydroxyl groups is 1. The number of methoxy groups -OCH3 is 2. The first kappa shape index (κ1) is 15.4. The van der Waals surface area contributed by atoms with Crippen LogP contribution < -0.4 is 9.47 Å². The van der Waals surface area contributed by atoms with Gasteiger partial charge in [-0.2, -0.15) is 0 Å². The highest BCUT2D eigenvalue weighted by Crippen LogP contribution is 2.42. The second-order valence-corrected chi connectivity index (χ2v) is 5.57. The minimum Gasteiger partial charge on any atom is -0.496 e. The Kier molecular flexibility index (Phi) is 4.53. The van der Waals surface area contributed by atoms with Crippen LogP contribution in [0.1, 0.15) is 30.9 Å². The molecule has 0 fully saturated rings. The Bertz CT molecular complexity index is 552. The van der Waals surface area contributed by atoms with E-state index in [4.69, 9.17) is 9.47 Å². The fourth-order valence-electron chi connectivity index (χ4n) is 2.74. The van der Waals surface area contributed by atoms with Crippen LogP contribution in [0.15, 0.2) is 48.5 Å². The lowest BCUT2D eigenvalue weighted by molar-refractivity contribution is 0.0611. The standard InChI is InChI=1S/C18H22O3/c1-18(2,19)17(13-9-5-7-11-15(13)20-3)14-10-6-8-12-16(14)21-4/h5-12,17,19H,1-4H3. The fourth-order valence-corrected chi connectivity index (χ4v) is 2.74. The van der Waals surface area contributed by atoms with E-state index in [2.05, 4.69) is 0 Å². The highest BCUT2D eigenvalue weighted by Gasteiger charge is 2.33. The third-order valence-electron chi connectivity index (χ3n) is 3.61. The van der Waals surface area contributed by atoms with Gasteiger partial charge in [0.15, 0.2) is 0 Å². The predicted octanol–water partition coefficient (Wildman–Crippen LogP) is 3.61. The first-order valence-corrected chi connectivity index (χ1v) is 6.97. The van der Waals surface area contributed by atoms with Crippen LogP contribution in [0.5, 0.6) is 11.5 Å². The molecule has 0 atom stereocenters. The Hall–Kier alpha value is -2.00. The van der Waals surface area contributed by atoms with Crippen LogP contribution in [-0.4, -0.2) is 24.9 Å². The molecule has 2 aromatic carbocycles. The van der Waals surface area contributed by atoms with Crippen LogP contribution in [-0.2, 0) is 0 Å². The van der Waals surface area contributed by atoms with Crippen LogP contribution in [0.25, 0.3) is 0 Å². The Morgan fingerprint density at radius 3 is 1.52 bits per heavy atom. The molecule has 0 saturated carbocycles. The van der Waals surface area contributed by atoms with E-state index in [0.717, 1.165) is 22.6 Å². The van der Waals surface area contributed by atoms with Gasteiger partial charge in [-0.25, -0.2) is 0 Å². The first-order chi connectivity index (χ1) is 9.99. The molecule has 2 aromatic rings. The molecule has 0 spiro atoms. The molecule has 0 aliphatic heterocycles. The normalized spacial score (nSPS) is 11.5. The molecule has 0 amide bonds. The summed E-state index contributed by atoms with van der Waals surface area (Å²) in [5, 5.41) is 10.7. The van der Waals surface area contributed by atoms with E-state index < -0.39 is 5.60 Å². The highest BCUT2D eigenvalue weighted by atomic mass is 16.5. The van der Waals surface area contributed by atoms with E-state index in [-0.39, 0.29) is 5.92 Å². The minimum absolute atomic E-state index is 0.246. The number of rotatable bonds is 5. The first-order valence-electron chi connectivity index (χ1n) is 6.97. The molecule has 1 N–H and O–H groups in total. The Balaban J connectivity index is 2.65. The lowest BCUT2D eigenvalue weighted by Gasteiger charge is -2.32. The molecule has 0 saturated heterocycles. The number of ether oxygens (including phenoxy) is 2. The van der Waals surface area contributed by atoms with Crippen LogP contribution >= 0.6 is 0 Å². The molecule has 0 bridgehead atoms. The summed E-state index contributed by atoms with van der Waals surface area (Å²) in [6.07, 6.45) is 0. The molecule has 2 rings (SSSR count). The molecule has 0 aliphatic rings. The summed E-state index contributed by atoms with van der Waals surface area (Å²) in [5.41, 5.74) is 0.928. The van der Waals surface area contributed by atoms with Crippen molar-refractivity contribution in [3.05, 3.63) is 59.7 Å². The second-order valence-electron chi connectivity index (χ2n) is 5.57. The van der Waals surface area contributed by atoms with Gasteiger partial charge in [-0.3, -0.25) is 0 Å². The van der Waals surface area contributed by atoms with Gasteiger partial charge in [-0.1, -0.05) is 36.4 Å². The number of para-hydroxylation sites is 2. The van der Waals surface area contributed by atoms with Crippen molar-refractivity contribution in [2.75, 3.05) is 14.2 Å². The third kappa shape index (κ3) is 3.19. The topological polar surface area (TPSA) is 38.7 Å². The van der Waals surface area contributed by atoms with Crippen molar-refractivity contribution in [3.63, 3.8) is 0 Å². The largest absolute Gasteiger partial charge is 0.496 e. The van der Waals surface area contributed by atoms with Gasteiger partial charge >= 0.3 is 0 Å². The lowest BCUT2D eigenvalue weighted by atomic mass is 9.78. The van der Waals surface area contributed by atoms with Gasteiger partial charge in [0.05, 0.1) is 19.8 Å². The van der Waals surface area contributed by atoms with Gasteiger partial charge < -0.3 is 14.6 Å². The van der Waals surface area contributed by atoms with E-state index in [9.17, 15) is 5.11 Å². The predicted molar refractivity (Wildman–Crippen MR) is 84.1 cm³/mol. The summed E-state index contributed by atoms with van der Waals surface area (Å²) < 4.78 is 10.9. The van der Waals surface area contributed by atoms with E-state index in [0.29, 0.717) is 0 Å². The monoisotopic (exact) mass is 286 g/mol. The number of hydrogen-bond donors (Lipinski definition) is 1. The van der Waals surface area contributed by atoms with Gasteiger partial charge in [0, 0.05) is 17.0 Å². The molecule has 3 nitrogen and oxygen atoms in total. The Labute approximate surface area is 126 Å². The highest BCUT2D eigenvalue weighted by molar-refractivity contribution is 5.48. The molecule has 112 valence electrons. The Morgan fingerprint density at radius 1 is 0.810 bits per heavy atom. The number of benzene rings is 2. The van der Waals surface area contributed by atoms with E-state index in [1.54, 1.807) is 28.1 Å². The van der Waals surface area contributed by atoms with Crippen LogP contribution in [0.4, 0.5) is 0 Å². The molecule has 0 heterocycles. The van der Waals surface area contributed by atoms with Gasteiger partial charge in [0.2, 0.25) is 0 Å². The Morgan fingerprint density at radius 2 is 1.19 bits per heavy atom. The van der Waals surface area contributed by atoms with Crippen molar-refractivity contribution in [3.8, 4) is 11.5 Å². The molecule has 0 aromatic heterocycles. The fraction of sp³-hybridized carbons (Fsp3) is 0.333. The summed E-state index contributed by atoms with van der Waals surface area (Å²) in [7, 11) is 3.28. The lowest BCUT2D eigenvalue weighted by Crippen LogP contribution is -2.30. The van der Waals surface area contributed by atoms with Crippen molar-refractivity contribution >= 4 is 0 Å². The zero-order valence-electron chi connectivity index (χ0n) is 13.0.